The SMILES string of the molecule is CCOP(OCC)C(F)(F)c1sc2ccc(C(=O)Nc3ccccc3)cc2c1COCc1ccccc1. The number of rotatable bonds is 12. The van der Waals surface area contributed by atoms with Gasteiger partial charge in [0, 0.05) is 21.5 Å². The Balaban J connectivity index is 1.71. The van der Waals surface area contributed by atoms with Gasteiger partial charge < -0.3 is 19.1 Å². The van der Waals surface area contributed by atoms with Crippen LogP contribution in [0, 0.1) is 0 Å². The van der Waals surface area contributed by atoms with Crippen LogP contribution in [0.1, 0.15) is 40.2 Å². The second-order valence-corrected chi connectivity index (χ2v) is 10.7. The Morgan fingerprint density at radius 3 is 2.22 bits per heavy atom. The van der Waals surface area contributed by atoms with E-state index in [1.807, 2.05) is 48.5 Å². The maximum absolute atomic E-state index is 15.8. The molecule has 0 aliphatic rings. The Kier molecular flexibility index (Phi) is 9.35. The predicted octanol–water partition coefficient (Wildman–Crippen LogP) is 8.30. The Morgan fingerprint density at radius 2 is 1.57 bits per heavy atom. The molecular formula is C28H28F2NO4PS. The highest BCUT2D eigenvalue weighted by Gasteiger charge is 2.48. The van der Waals surface area contributed by atoms with Crippen LogP contribution in [-0.4, -0.2) is 19.1 Å². The van der Waals surface area contributed by atoms with Crippen LogP contribution in [-0.2, 0) is 32.7 Å². The Labute approximate surface area is 220 Å². The van der Waals surface area contributed by atoms with Gasteiger partial charge in [-0.3, -0.25) is 4.79 Å². The van der Waals surface area contributed by atoms with Crippen LogP contribution in [0.3, 0.4) is 0 Å². The van der Waals surface area contributed by atoms with Crippen molar-refractivity contribution in [2.45, 2.75) is 32.7 Å². The third-order valence-electron chi connectivity index (χ3n) is 5.44. The van der Waals surface area contributed by atoms with Gasteiger partial charge >= 0.3 is 5.66 Å². The van der Waals surface area contributed by atoms with Crippen molar-refractivity contribution in [1.29, 1.82) is 0 Å². The van der Waals surface area contributed by atoms with E-state index in [2.05, 4.69) is 5.32 Å². The molecule has 0 saturated carbocycles. The Morgan fingerprint density at radius 1 is 0.919 bits per heavy atom. The molecule has 0 unspecified atom stereocenters. The zero-order valence-corrected chi connectivity index (χ0v) is 22.3. The number of nitrogens with one attached hydrogen (secondary N) is 1. The van der Waals surface area contributed by atoms with Crippen molar-refractivity contribution < 1.29 is 27.4 Å². The summed E-state index contributed by atoms with van der Waals surface area (Å²) in [6, 6.07) is 23.6. The van der Waals surface area contributed by atoms with E-state index < -0.39 is 14.0 Å². The first kappa shape index (κ1) is 27.3. The highest BCUT2D eigenvalue weighted by molar-refractivity contribution is 7.48. The monoisotopic (exact) mass is 543 g/mol. The molecule has 3 aromatic carbocycles. The number of halogens is 2. The molecule has 4 rings (SSSR count). The molecule has 1 heterocycles. The maximum atomic E-state index is 15.8. The van der Waals surface area contributed by atoms with Crippen molar-refractivity contribution in [3.8, 4) is 0 Å². The molecule has 9 heteroatoms. The van der Waals surface area contributed by atoms with Crippen LogP contribution in [0.25, 0.3) is 10.1 Å². The molecule has 1 N–H and O–H groups in total. The summed E-state index contributed by atoms with van der Waals surface area (Å²) in [5.41, 5.74) is -1.07. The van der Waals surface area contributed by atoms with E-state index in [0.717, 1.165) is 16.9 Å². The van der Waals surface area contributed by atoms with Crippen LogP contribution in [0.2, 0.25) is 0 Å². The molecule has 0 aliphatic carbocycles. The van der Waals surface area contributed by atoms with Crippen molar-refractivity contribution in [3.63, 3.8) is 0 Å². The van der Waals surface area contributed by atoms with E-state index in [9.17, 15) is 4.79 Å². The second-order valence-electron chi connectivity index (χ2n) is 8.05. The number of thiophene rings is 1. The highest BCUT2D eigenvalue weighted by Crippen LogP contribution is 2.62. The van der Waals surface area contributed by atoms with Crippen molar-refractivity contribution in [2.75, 3.05) is 18.5 Å². The first-order valence-electron chi connectivity index (χ1n) is 11.9. The standard InChI is InChI=1S/C28H28F2NO4PS/c1-3-34-36(35-4-2)28(29,30)26-24(19-33-18-20-11-7-5-8-12-20)23-17-21(15-16-25(23)37-26)27(32)31-22-13-9-6-10-14-22/h5-17H,3-4,18-19H2,1-2H3,(H,31,32). The van der Waals surface area contributed by atoms with E-state index >= 15 is 8.78 Å². The highest BCUT2D eigenvalue weighted by atomic mass is 32.1. The minimum Gasteiger partial charge on any atom is -0.372 e. The molecule has 4 aromatic rings. The first-order valence-corrected chi connectivity index (χ1v) is 13.9. The summed E-state index contributed by atoms with van der Waals surface area (Å²) in [5.74, 6) is -0.324. The van der Waals surface area contributed by atoms with Crippen LogP contribution in [0.5, 0.6) is 0 Å². The van der Waals surface area contributed by atoms with Gasteiger partial charge in [-0.15, -0.1) is 11.3 Å². The molecule has 1 aromatic heterocycles. The van der Waals surface area contributed by atoms with Gasteiger partial charge in [0.25, 0.3) is 14.3 Å². The third-order valence-corrected chi connectivity index (χ3v) is 8.54. The van der Waals surface area contributed by atoms with Gasteiger partial charge in [-0.05, 0) is 55.1 Å². The molecule has 0 radical (unpaired) electrons. The smallest absolute Gasteiger partial charge is 0.349 e. The van der Waals surface area contributed by atoms with Gasteiger partial charge in [0.2, 0.25) is 0 Å². The molecule has 1 amide bonds. The summed E-state index contributed by atoms with van der Waals surface area (Å²) < 4.78 is 48.9. The average Bonchev–Trinajstić information content (AvgIpc) is 3.28. The lowest BCUT2D eigenvalue weighted by atomic mass is 10.1. The minimum absolute atomic E-state index is 0.0506. The Bertz CT molecular complexity index is 1310. The van der Waals surface area contributed by atoms with E-state index in [0.29, 0.717) is 26.9 Å². The summed E-state index contributed by atoms with van der Waals surface area (Å²) >= 11 is 0.976. The number of hydrogen-bond donors (Lipinski definition) is 1. The number of alkyl halides is 2. The van der Waals surface area contributed by atoms with E-state index in [1.165, 1.54) is 0 Å². The Hall–Kier alpha value is -2.74. The van der Waals surface area contributed by atoms with Crippen molar-refractivity contribution in [2.24, 2.45) is 0 Å². The van der Waals surface area contributed by atoms with Crippen LogP contribution in [0.15, 0.2) is 78.9 Å². The summed E-state index contributed by atoms with van der Waals surface area (Å²) in [7, 11) is -2.50. The number of amides is 1. The van der Waals surface area contributed by atoms with Crippen LogP contribution < -0.4 is 5.32 Å². The maximum Gasteiger partial charge on any atom is 0.349 e. The number of ether oxygens (including phenoxy) is 1. The summed E-state index contributed by atoms with van der Waals surface area (Å²) in [6.07, 6.45) is 0. The number of fused-ring (bicyclic) bond motifs is 1. The molecule has 0 saturated heterocycles. The van der Waals surface area contributed by atoms with Gasteiger partial charge in [0.05, 0.1) is 31.3 Å². The fourth-order valence-corrected chi connectivity index (χ4v) is 6.36. The van der Waals surface area contributed by atoms with Crippen LogP contribution in [0.4, 0.5) is 14.5 Å². The number of anilines is 1. The topological polar surface area (TPSA) is 56.8 Å². The largest absolute Gasteiger partial charge is 0.372 e. The predicted molar refractivity (Wildman–Crippen MR) is 145 cm³/mol. The number of carbonyl (C=O) groups excluding carboxylic acids is 1. The zero-order chi connectivity index (χ0) is 26.3. The summed E-state index contributed by atoms with van der Waals surface area (Å²) in [4.78, 5) is 12.8. The molecule has 5 nitrogen and oxygen atoms in total. The van der Waals surface area contributed by atoms with Crippen molar-refractivity contribution >= 4 is 41.4 Å². The number of para-hydroxylation sites is 1. The molecule has 0 spiro atoms. The molecule has 0 bridgehead atoms. The average molecular weight is 544 g/mol. The van der Waals surface area contributed by atoms with Crippen molar-refractivity contribution in [1.82, 2.24) is 0 Å². The minimum atomic E-state index is -3.36. The molecule has 0 fully saturated rings. The zero-order valence-electron chi connectivity index (χ0n) is 20.6. The molecule has 0 atom stereocenters. The quantitative estimate of drug-likeness (QED) is 0.183. The summed E-state index contributed by atoms with van der Waals surface area (Å²) in [6.45, 7) is 3.76. The molecule has 0 aliphatic heterocycles. The lowest BCUT2D eigenvalue weighted by Gasteiger charge is -2.25. The van der Waals surface area contributed by atoms with Gasteiger partial charge in [0.15, 0.2) is 0 Å². The molecule has 194 valence electrons. The van der Waals surface area contributed by atoms with Gasteiger partial charge in [0.1, 0.15) is 0 Å². The number of carbonyl (C=O) groups is 1. The van der Waals surface area contributed by atoms with Crippen LogP contribution >= 0.6 is 19.7 Å². The first-order chi connectivity index (χ1) is 17.9. The van der Waals surface area contributed by atoms with E-state index in [1.54, 1.807) is 44.2 Å². The molecule has 37 heavy (non-hydrogen) atoms. The van der Waals surface area contributed by atoms with Crippen molar-refractivity contribution in [3.05, 3.63) is 100 Å². The normalized spacial score (nSPS) is 11.8. The lowest BCUT2D eigenvalue weighted by Crippen LogP contribution is -2.15. The van der Waals surface area contributed by atoms with E-state index in [-0.39, 0.29) is 37.2 Å². The van der Waals surface area contributed by atoms with Gasteiger partial charge in [-0.2, -0.15) is 8.78 Å². The summed E-state index contributed by atoms with van der Waals surface area (Å²) in [5, 5.41) is 3.40. The number of hydrogen-bond acceptors (Lipinski definition) is 5. The van der Waals surface area contributed by atoms with Gasteiger partial charge in [-0.25, -0.2) is 0 Å². The fraction of sp³-hybridized carbons (Fsp3) is 0.250. The number of benzene rings is 3. The fourth-order valence-electron chi connectivity index (χ4n) is 3.76. The third kappa shape index (κ3) is 6.58. The van der Waals surface area contributed by atoms with E-state index in [4.69, 9.17) is 13.8 Å². The molecular weight excluding hydrogens is 515 g/mol. The second kappa shape index (κ2) is 12.7. The van der Waals surface area contributed by atoms with Gasteiger partial charge in [-0.1, -0.05) is 48.5 Å². The lowest BCUT2D eigenvalue weighted by molar-refractivity contribution is 0.0552.